The summed E-state index contributed by atoms with van der Waals surface area (Å²) in [5.74, 6) is -0.867. The molecule has 1 aromatic rings. The first-order valence-electron chi connectivity index (χ1n) is 5.83. The molecule has 0 spiro atoms. The van der Waals surface area contributed by atoms with Crippen molar-refractivity contribution < 1.29 is 23.4 Å². The first kappa shape index (κ1) is 18.2. The summed E-state index contributed by atoms with van der Waals surface area (Å²) in [6.45, 7) is 1.36. The van der Waals surface area contributed by atoms with E-state index in [0.717, 1.165) is 18.2 Å². The predicted octanol–water partition coefficient (Wildman–Crippen LogP) is 1.43. The van der Waals surface area contributed by atoms with Crippen LogP contribution in [0.25, 0.3) is 0 Å². The molecule has 0 aliphatic heterocycles. The smallest absolute Gasteiger partial charge is 0.337 e. The van der Waals surface area contributed by atoms with Gasteiger partial charge in [-0.15, -0.1) is 0 Å². The Morgan fingerprint density at radius 2 is 2.10 bits per heavy atom. The number of carboxylic acids is 1. The third-order valence-corrected chi connectivity index (χ3v) is 5.20. The number of carboxylic acid groups (broad SMARTS) is 1. The van der Waals surface area contributed by atoms with E-state index in [1.807, 2.05) is 0 Å². The van der Waals surface area contributed by atoms with Gasteiger partial charge in [0.2, 0.25) is 10.0 Å². The van der Waals surface area contributed by atoms with Gasteiger partial charge in [0, 0.05) is 12.3 Å². The van der Waals surface area contributed by atoms with Crippen molar-refractivity contribution in [1.82, 2.24) is 4.72 Å². The van der Waals surface area contributed by atoms with E-state index in [9.17, 15) is 18.3 Å². The highest BCUT2D eigenvalue weighted by Crippen LogP contribution is 2.21. The van der Waals surface area contributed by atoms with Crippen LogP contribution in [0.3, 0.4) is 0 Å². The molecule has 118 valence electrons. The molecule has 21 heavy (non-hydrogen) atoms. The Kier molecular flexibility index (Phi) is 6.06. The van der Waals surface area contributed by atoms with Crippen LogP contribution in [0.2, 0.25) is 5.02 Å². The van der Waals surface area contributed by atoms with Gasteiger partial charge in [0.1, 0.15) is 0 Å². The molecule has 0 saturated carbocycles. The Morgan fingerprint density at radius 1 is 1.48 bits per heavy atom. The summed E-state index contributed by atoms with van der Waals surface area (Å²) >= 11 is 7.14. The van der Waals surface area contributed by atoms with E-state index in [-0.39, 0.29) is 22.0 Å². The molecule has 1 unspecified atom stereocenters. The highest BCUT2D eigenvalue weighted by atomic mass is 35.5. The van der Waals surface area contributed by atoms with Crippen LogP contribution in [0.1, 0.15) is 17.3 Å². The quantitative estimate of drug-likeness (QED) is 0.685. The Hall–Kier alpha value is -0.800. The number of aromatic carboxylic acids is 1. The summed E-state index contributed by atoms with van der Waals surface area (Å²) in [4.78, 5) is 10.7. The predicted molar refractivity (Wildman–Crippen MR) is 82.6 cm³/mol. The molecule has 1 atom stereocenters. The maximum Gasteiger partial charge on any atom is 0.337 e. The minimum absolute atomic E-state index is 0.155. The molecular formula is C12H16ClNO5S2. The van der Waals surface area contributed by atoms with Gasteiger partial charge < -0.3 is 10.2 Å². The van der Waals surface area contributed by atoms with Gasteiger partial charge in [0.05, 0.1) is 21.1 Å². The van der Waals surface area contributed by atoms with Crippen LogP contribution in [-0.2, 0) is 10.0 Å². The molecule has 0 aliphatic rings. The van der Waals surface area contributed by atoms with Crippen LogP contribution in [0, 0.1) is 0 Å². The van der Waals surface area contributed by atoms with E-state index in [1.165, 1.54) is 18.7 Å². The molecule has 0 radical (unpaired) electrons. The average Bonchev–Trinajstić information content (AvgIpc) is 2.36. The summed E-state index contributed by atoms with van der Waals surface area (Å²) < 4.78 is 26.4. The molecule has 9 heteroatoms. The summed E-state index contributed by atoms with van der Waals surface area (Å²) in [5.41, 5.74) is -1.36. The maximum absolute atomic E-state index is 12.1. The van der Waals surface area contributed by atoms with Crippen LogP contribution in [0.15, 0.2) is 23.1 Å². The highest BCUT2D eigenvalue weighted by Gasteiger charge is 2.24. The lowest BCUT2D eigenvalue weighted by atomic mass is 10.1. The van der Waals surface area contributed by atoms with Crippen LogP contribution in [-0.4, -0.2) is 48.8 Å². The van der Waals surface area contributed by atoms with Crippen LogP contribution >= 0.6 is 23.4 Å². The number of halogens is 1. The van der Waals surface area contributed by atoms with Crippen molar-refractivity contribution in [3.63, 3.8) is 0 Å². The number of thioether (sulfide) groups is 1. The number of carbonyl (C=O) groups is 1. The van der Waals surface area contributed by atoms with Gasteiger partial charge in [-0.1, -0.05) is 11.6 Å². The number of nitrogens with one attached hydrogen (secondary N) is 1. The van der Waals surface area contributed by atoms with Gasteiger partial charge in [-0.25, -0.2) is 17.9 Å². The minimum atomic E-state index is -3.87. The van der Waals surface area contributed by atoms with Crippen molar-refractivity contribution in [2.45, 2.75) is 17.4 Å². The number of aliphatic hydroxyl groups is 1. The molecule has 0 aromatic heterocycles. The lowest BCUT2D eigenvalue weighted by molar-refractivity contribution is 0.0696. The van der Waals surface area contributed by atoms with Gasteiger partial charge in [0.15, 0.2) is 0 Å². The molecule has 0 amide bonds. The lowest BCUT2D eigenvalue weighted by Crippen LogP contribution is -2.42. The zero-order valence-corrected chi connectivity index (χ0v) is 13.8. The average molecular weight is 354 g/mol. The number of hydrogen-bond acceptors (Lipinski definition) is 5. The van der Waals surface area contributed by atoms with Crippen LogP contribution < -0.4 is 4.72 Å². The summed E-state index contributed by atoms with van der Waals surface area (Å²) in [7, 11) is -3.87. The summed E-state index contributed by atoms with van der Waals surface area (Å²) in [5, 5.41) is 18.6. The number of sulfonamides is 1. The van der Waals surface area contributed by atoms with Crippen molar-refractivity contribution in [3.8, 4) is 0 Å². The van der Waals surface area contributed by atoms with Gasteiger partial charge in [-0.2, -0.15) is 11.8 Å². The Bertz CT molecular complexity index is 631. The van der Waals surface area contributed by atoms with E-state index in [1.54, 1.807) is 6.26 Å². The van der Waals surface area contributed by atoms with Crippen molar-refractivity contribution in [1.29, 1.82) is 0 Å². The maximum atomic E-state index is 12.1. The van der Waals surface area contributed by atoms with Gasteiger partial charge in [-0.3, -0.25) is 0 Å². The highest BCUT2D eigenvalue weighted by molar-refractivity contribution is 7.98. The largest absolute Gasteiger partial charge is 0.478 e. The molecule has 1 rings (SSSR count). The van der Waals surface area contributed by atoms with Gasteiger partial charge in [-0.05, 0) is 31.4 Å². The fraction of sp³-hybridized carbons (Fsp3) is 0.417. The fourth-order valence-electron chi connectivity index (χ4n) is 1.53. The Labute approximate surface area is 132 Å². The molecule has 6 nitrogen and oxygen atoms in total. The number of rotatable bonds is 7. The first-order chi connectivity index (χ1) is 9.59. The minimum Gasteiger partial charge on any atom is -0.478 e. The van der Waals surface area contributed by atoms with Crippen molar-refractivity contribution >= 4 is 39.4 Å². The Balaban J connectivity index is 2.94. The van der Waals surface area contributed by atoms with E-state index in [0.29, 0.717) is 5.75 Å². The van der Waals surface area contributed by atoms with E-state index in [2.05, 4.69) is 4.72 Å². The standard InChI is InChI=1S/C12H16ClNO5S2/c1-12(17,7-20-2)6-14-21(18,19)8-3-4-9(11(15)16)10(13)5-8/h3-5,14,17H,6-7H2,1-2H3,(H,15,16). The van der Waals surface area contributed by atoms with E-state index >= 15 is 0 Å². The third kappa shape index (κ3) is 5.15. The van der Waals surface area contributed by atoms with Crippen molar-refractivity contribution in [3.05, 3.63) is 28.8 Å². The van der Waals surface area contributed by atoms with Crippen molar-refractivity contribution in [2.75, 3.05) is 18.6 Å². The van der Waals surface area contributed by atoms with Gasteiger partial charge in [0.25, 0.3) is 0 Å². The second-order valence-corrected chi connectivity index (χ2v) is 7.74. The lowest BCUT2D eigenvalue weighted by Gasteiger charge is -2.22. The SMILES string of the molecule is CSCC(C)(O)CNS(=O)(=O)c1ccc(C(=O)O)c(Cl)c1. The molecule has 1 aromatic carbocycles. The van der Waals surface area contributed by atoms with Crippen LogP contribution in [0.4, 0.5) is 0 Å². The van der Waals surface area contributed by atoms with Crippen molar-refractivity contribution in [2.24, 2.45) is 0 Å². The first-order valence-corrected chi connectivity index (χ1v) is 9.08. The normalized spacial score (nSPS) is 14.7. The van der Waals surface area contributed by atoms with Gasteiger partial charge >= 0.3 is 5.97 Å². The Morgan fingerprint density at radius 3 is 2.57 bits per heavy atom. The third-order valence-electron chi connectivity index (χ3n) is 2.58. The zero-order valence-electron chi connectivity index (χ0n) is 11.5. The summed E-state index contributed by atoms with van der Waals surface area (Å²) in [6, 6.07) is 3.34. The molecular weight excluding hydrogens is 338 g/mol. The molecule has 0 fully saturated rings. The molecule has 0 saturated heterocycles. The van der Waals surface area contributed by atoms with Crippen LogP contribution in [0.5, 0.6) is 0 Å². The second kappa shape index (κ2) is 6.97. The monoisotopic (exact) mass is 353 g/mol. The second-order valence-electron chi connectivity index (χ2n) is 4.70. The molecule has 0 aliphatic carbocycles. The number of benzene rings is 1. The topological polar surface area (TPSA) is 104 Å². The fourth-order valence-corrected chi connectivity index (χ4v) is 3.77. The van der Waals surface area contributed by atoms with E-state index in [4.69, 9.17) is 16.7 Å². The zero-order chi connectivity index (χ0) is 16.3. The summed E-state index contributed by atoms with van der Waals surface area (Å²) in [6.07, 6.45) is 1.80. The number of hydrogen-bond donors (Lipinski definition) is 3. The molecule has 3 N–H and O–H groups in total. The molecule has 0 heterocycles. The molecule has 0 bridgehead atoms. The van der Waals surface area contributed by atoms with E-state index < -0.39 is 21.6 Å².